The average molecular weight is 413 g/mol. The third kappa shape index (κ3) is 7.63. The van der Waals surface area contributed by atoms with E-state index < -0.39 is 59.1 Å². The van der Waals surface area contributed by atoms with Crippen LogP contribution < -0.4 is 10.5 Å². The van der Waals surface area contributed by atoms with Crippen molar-refractivity contribution in [3.63, 3.8) is 0 Å². The van der Waals surface area contributed by atoms with Gasteiger partial charge in [-0.1, -0.05) is 18.2 Å². The largest absolute Gasteiger partial charge is 0.733 e. The minimum Gasteiger partial charge on any atom is -0.733 e. The second kappa shape index (κ2) is 9.71. The molecule has 12 nitrogen and oxygen atoms in total. The lowest BCUT2D eigenvalue weighted by Gasteiger charge is -2.29. The maximum Gasteiger partial charge on any atom is 0.409 e. The number of esters is 1. The van der Waals surface area contributed by atoms with Gasteiger partial charge in [0.2, 0.25) is 6.10 Å². The third-order valence-electron chi connectivity index (χ3n) is 3.24. The normalized spacial score (nSPS) is 13.0. The summed E-state index contributed by atoms with van der Waals surface area (Å²) in [6.07, 6.45) is -4.24. The predicted molar refractivity (Wildman–Crippen MR) is 96.0 cm³/mol. The lowest BCUT2D eigenvalue weighted by atomic mass is 10.1. The van der Waals surface area contributed by atoms with Crippen LogP contribution in [-0.2, 0) is 23.9 Å². The fourth-order valence-electron chi connectivity index (χ4n) is 2.14. The Morgan fingerprint density at radius 2 is 1.76 bits per heavy atom. The molecule has 0 aromatic heterocycles. The van der Waals surface area contributed by atoms with Crippen LogP contribution in [0.15, 0.2) is 24.3 Å². The number of nitrogens with one attached hydrogen (secondary N) is 1. The van der Waals surface area contributed by atoms with Crippen LogP contribution in [0.3, 0.4) is 0 Å². The van der Waals surface area contributed by atoms with Crippen molar-refractivity contribution in [1.82, 2.24) is 5.32 Å². The molecule has 160 valence electrons. The summed E-state index contributed by atoms with van der Waals surface area (Å²) in [4.78, 5) is 46.5. The molecule has 1 rings (SSSR count). The van der Waals surface area contributed by atoms with E-state index in [2.05, 4.69) is 0 Å². The Labute approximate surface area is 165 Å². The standard InChI is InChI=1S/C17H21N2O10/c1-17(2,3)29-15(24)13(9-6-4-5-7-11(9)19(26)27)28-16(25)18-10(14(22)23)8-12(20)21/h4-7,10,13,26H,8H2,1-3H3,(H,18,25)(H,20,21)(H,22,23)/q-1/t10-,13?/m1/s1. The zero-order chi connectivity index (χ0) is 22.4. The lowest BCUT2D eigenvalue weighted by molar-refractivity contribution is -0.165. The van der Waals surface area contributed by atoms with Crippen LogP contribution in [0.25, 0.3) is 0 Å². The molecule has 1 amide bonds. The Bertz CT molecular complexity index is 772. The van der Waals surface area contributed by atoms with Crippen LogP contribution in [0.5, 0.6) is 0 Å². The van der Waals surface area contributed by atoms with Gasteiger partial charge in [0.25, 0.3) is 0 Å². The van der Waals surface area contributed by atoms with Gasteiger partial charge in [0.15, 0.2) is 0 Å². The number of alkyl carbamates (subject to hydrolysis) is 1. The van der Waals surface area contributed by atoms with Gasteiger partial charge in [0, 0.05) is 5.56 Å². The van der Waals surface area contributed by atoms with E-state index in [9.17, 15) is 29.6 Å². The molecule has 29 heavy (non-hydrogen) atoms. The van der Waals surface area contributed by atoms with Crippen molar-refractivity contribution >= 4 is 29.7 Å². The van der Waals surface area contributed by atoms with Crippen molar-refractivity contribution in [2.24, 2.45) is 0 Å². The Kier molecular flexibility index (Phi) is 7.92. The first-order valence-electron chi connectivity index (χ1n) is 8.21. The summed E-state index contributed by atoms with van der Waals surface area (Å²) in [5.74, 6) is -4.24. The third-order valence-corrected chi connectivity index (χ3v) is 3.24. The van der Waals surface area contributed by atoms with Gasteiger partial charge in [-0.05, 0) is 26.8 Å². The summed E-state index contributed by atoms with van der Waals surface area (Å²) in [5.41, 5.74) is -1.66. The number of hydrogen-bond donors (Lipinski definition) is 4. The molecular weight excluding hydrogens is 392 g/mol. The Morgan fingerprint density at radius 3 is 2.24 bits per heavy atom. The fraction of sp³-hybridized carbons (Fsp3) is 0.412. The molecule has 0 heterocycles. The van der Waals surface area contributed by atoms with Gasteiger partial charge < -0.3 is 35.4 Å². The summed E-state index contributed by atoms with van der Waals surface area (Å²) in [6.45, 7) is 4.60. The average Bonchev–Trinajstić information content (AvgIpc) is 2.57. The second-order valence-electron chi connectivity index (χ2n) is 6.78. The highest BCUT2D eigenvalue weighted by atomic mass is 16.8. The number of benzene rings is 1. The highest BCUT2D eigenvalue weighted by molar-refractivity contribution is 5.86. The first kappa shape index (κ1) is 23.7. The van der Waals surface area contributed by atoms with Crippen molar-refractivity contribution < 1.29 is 44.1 Å². The number of nitrogens with zero attached hydrogens (tertiary/aromatic N) is 1. The minimum absolute atomic E-state index is 0.237. The van der Waals surface area contributed by atoms with Crippen molar-refractivity contribution in [3.8, 4) is 0 Å². The maximum atomic E-state index is 12.5. The number of carbonyl (C=O) groups excluding carboxylic acids is 2. The number of aliphatic carboxylic acids is 2. The number of hydrogen-bond acceptors (Lipinski definition) is 9. The van der Waals surface area contributed by atoms with E-state index in [1.54, 1.807) is 0 Å². The van der Waals surface area contributed by atoms with Gasteiger partial charge in [-0.15, -0.1) is 0 Å². The van der Waals surface area contributed by atoms with E-state index in [-0.39, 0.29) is 5.56 Å². The van der Waals surface area contributed by atoms with Crippen LogP contribution in [0.1, 0.15) is 38.9 Å². The molecule has 0 aliphatic heterocycles. The Morgan fingerprint density at radius 1 is 1.17 bits per heavy atom. The molecule has 0 saturated carbocycles. The van der Waals surface area contributed by atoms with E-state index >= 15 is 0 Å². The van der Waals surface area contributed by atoms with Crippen LogP contribution in [0.2, 0.25) is 0 Å². The molecule has 0 spiro atoms. The fourth-order valence-corrected chi connectivity index (χ4v) is 2.14. The van der Waals surface area contributed by atoms with E-state index in [1.807, 2.05) is 5.32 Å². The summed E-state index contributed by atoms with van der Waals surface area (Å²) in [6, 6.07) is 3.30. The van der Waals surface area contributed by atoms with Gasteiger partial charge in [-0.25, -0.2) is 14.4 Å². The molecule has 12 heteroatoms. The highest BCUT2D eigenvalue weighted by Gasteiger charge is 2.33. The first-order chi connectivity index (χ1) is 13.3. The number of carboxylic acids is 2. The summed E-state index contributed by atoms with van der Waals surface area (Å²) in [5, 5.41) is 39.6. The van der Waals surface area contributed by atoms with Crippen molar-refractivity contribution in [2.45, 2.75) is 44.9 Å². The highest BCUT2D eigenvalue weighted by Crippen LogP contribution is 2.30. The number of amides is 1. The van der Waals surface area contributed by atoms with Gasteiger partial charge in [0.1, 0.15) is 11.6 Å². The predicted octanol–water partition coefficient (Wildman–Crippen LogP) is 1.42. The SMILES string of the molecule is CC(C)(C)OC(=O)C(OC(=O)N[C@H](CC(=O)O)C(=O)O)c1ccccc1N([O-])O. The molecule has 0 fully saturated rings. The molecule has 0 aliphatic carbocycles. The van der Waals surface area contributed by atoms with Crippen LogP contribution in [-0.4, -0.2) is 51.1 Å². The number of carbonyl (C=O) groups is 4. The van der Waals surface area contributed by atoms with Gasteiger partial charge in [-0.3, -0.25) is 10.0 Å². The van der Waals surface area contributed by atoms with Crippen LogP contribution in [0, 0.1) is 5.21 Å². The summed E-state index contributed by atoms with van der Waals surface area (Å²) < 4.78 is 10.1. The Hall–Kier alpha value is -3.38. The van der Waals surface area contributed by atoms with Gasteiger partial charge >= 0.3 is 24.0 Å². The number of carboxylic acid groups (broad SMARTS) is 2. The molecule has 0 bridgehead atoms. The van der Waals surface area contributed by atoms with Crippen molar-refractivity contribution in [3.05, 3.63) is 35.0 Å². The zero-order valence-corrected chi connectivity index (χ0v) is 15.8. The second-order valence-corrected chi connectivity index (χ2v) is 6.78. The molecule has 1 aromatic rings. The zero-order valence-electron chi connectivity index (χ0n) is 15.8. The number of para-hydroxylation sites is 1. The molecule has 0 radical (unpaired) electrons. The monoisotopic (exact) mass is 413 g/mol. The quantitative estimate of drug-likeness (QED) is 0.356. The molecule has 0 saturated heterocycles. The van der Waals surface area contributed by atoms with Crippen LogP contribution in [0.4, 0.5) is 10.5 Å². The Balaban J connectivity index is 3.19. The number of rotatable bonds is 8. The van der Waals surface area contributed by atoms with Gasteiger partial charge in [0.05, 0.1) is 12.1 Å². The molecular formula is C17H21N2O10-. The first-order valence-corrected chi connectivity index (χ1v) is 8.21. The summed E-state index contributed by atoms with van der Waals surface area (Å²) >= 11 is 0. The lowest BCUT2D eigenvalue weighted by Crippen LogP contribution is -2.43. The van der Waals surface area contributed by atoms with Crippen molar-refractivity contribution in [1.29, 1.82) is 0 Å². The molecule has 2 atom stereocenters. The number of anilines is 1. The van der Waals surface area contributed by atoms with E-state index in [1.165, 1.54) is 39.0 Å². The summed E-state index contributed by atoms with van der Waals surface area (Å²) in [7, 11) is 0. The van der Waals surface area contributed by atoms with Crippen LogP contribution >= 0.6 is 0 Å². The van der Waals surface area contributed by atoms with Gasteiger partial charge in [-0.2, -0.15) is 0 Å². The molecule has 1 aromatic carbocycles. The molecule has 4 N–H and O–H groups in total. The van der Waals surface area contributed by atoms with E-state index in [0.717, 1.165) is 6.07 Å². The smallest absolute Gasteiger partial charge is 0.409 e. The van der Waals surface area contributed by atoms with E-state index in [4.69, 9.17) is 19.7 Å². The minimum atomic E-state index is -1.85. The maximum absolute atomic E-state index is 12.5. The van der Waals surface area contributed by atoms with Crippen molar-refractivity contribution in [2.75, 3.05) is 5.23 Å². The topological polar surface area (TPSA) is 186 Å². The molecule has 0 aliphatic rings. The number of ether oxygens (including phenoxy) is 2. The van der Waals surface area contributed by atoms with E-state index in [0.29, 0.717) is 0 Å². The molecule has 1 unspecified atom stereocenters.